The van der Waals surface area contributed by atoms with E-state index in [0.29, 0.717) is 16.9 Å². The third kappa shape index (κ3) is 6.25. The summed E-state index contributed by atoms with van der Waals surface area (Å²) in [5.74, 6) is -0.639. The number of nitriles is 1. The van der Waals surface area contributed by atoms with Crippen LogP contribution in [0.3, 0.4) is 0 Å². The van der Waals surface area contributed by atoms with Crippen LogP contribution in [0.4, 0.5) is 5.69 Å². The topological polar surface area (TPSA) is 110 Å². The highest BCUT2D eigenvalue weighted by Crippen LogP contribution is 2.35. The highest BCUT2D eigenvalue weighted by Gasteiger charge is 2.43. The Morgan fingerprint density at radius 3 is 2.38 bits per heavy atom. The molecule has 0 radical (unpaired) electrons. The fraction of sp³-hybridized carbons (Fsp3) is 0.548. The van der Waals surface area contributed by atoms with Crippen LogP contribution < -0.4 is 10.2 Å². The summed E-state index contributed by atoms with van der Waals surface area (Å²) in [5, 5.41) is 23.3. The van der Waals surface area contributed by atoms with E-state index in [9.17, 15) is 20.0 Å². The van der Waals surface area contributed by atoms with Gasteiger partial charge in [0.15, 0.2) is 6.19 Å². The summed E-state index contributed by atoms with van der Waals surface area (Å²) in [6.45, 7) is 10.2. The van der Waals surface area contributed by atoms with E-state index in [1.807, 2.05) is 44.2 Å². The van der Waals surface area contributed by atoms with Crippen molar-refractivity contribution in [3.63, 3.8) is 0 Å². The Balaban J connectivity index is 1.86. The molecule has 2 heterocycles. The molecule has 8 heteroatoms. The number of aliphatic hydroxyl groups is 1. The van der Waals surface area contributed by atoms with E-state index in [1.165, 1.54) is 9.80 Å². The zero-order valence-electron chi connectivity index (χ0n) is 23.8. The third-order valence-electron chi connectivity index (χ3n) is 8.08. The van der Waals surface area contributed by atoms with Crippen molar-refractivity contribution in [2.24, 2.45) is 0 Å². The van der Waals surface area contributed by atoms with Crippen molar-refractivity contribution >= 4 is 17.5 Å². The molecule has 3 atom stereocenters. The minimum absolute atomic E-state index is 0.0511. The average Bonchev–Trinajstić information content (AvgIpc) is 3.28. The maximum Gasteiger partial charge on any atom is 0.251 e. The second-order valence-corrected chi connectivity index (χ2v) is 12.0. The molecule has 2 N–H and O–H groups in total. The minimum atomic E-state index is -0.980. The van der Waals surface area contributed by atoms with Crippen LogP contribution >= 0.6 is 0 Å². The van der Waals surface area contributed by atoms with Crippen molar-refractivity contribution in [1.29, 1.82) is 5.26 Å². The smallest absolute Gasteiger partial charge is 0.251 e. The Hall–Kier alpha value is -3.44. The number of pyridine rings is 1. The standard InChI is InChI=1S/C31H41N5O3/c1-20-15-16-33-21(2)27(20)28(29(38)34-23-9-7-6-8-10-23)36(24-13-11-22(12-14-24)31(3,4)5)30(39)26-17-25(37)18-35(26)19-32/h11-16,23,25-26,28,37H,6-10,17-18H2,1-5H3,(H,34,38)/t25-,26-,28?/m1/s1. The van der Waals surface area contributed by atoms with Gasteiger partial charge in [-0.05, 0) is 61.4 Å². The number of hydrogen-bond acceptors (Lipinski definition) is 6. The monoisotopic (exact) mass is 531 g/mol. The Kier molecular flexibility index (Phi) is 8.60. The van der Waals surface area contributed by atoms with Gasteiger partial charge in [-0.1, -0.05) is 52.2 Å². The van der Waals surface area contributed by atoms with Crippen LogP contribution in [0.25, 0.3) is 0 Å². The van der Waals surface area contributed by atoms with Crippen molar-refractivity contribution in [1.82, 2.24) is 15.2 Å². The van der Waals surface area contributed by atoms with E-state index >= 15 is 0 Å². The van der Waals surface area contributed by atoms with Crippen LogP contribution in [-0.4, -0.2) is 51.5 Å². The zero-order chi connectivity index (χ0) is 28.3. The van der Waals surface area contributed by atoms with Gasteiger partial charge >= 0.3 is 0 Å². The molecule has 2 fully saturated rings. The van der Waals surface area contributed by atoms with Crippen molar-refractivity contribution < 1.29 is 14.7 Å². The first kappa shape index (κ1) is 28.6. The second-order valence-electron chi connectivity index (χ2n) is 12.0. The van der Waals surface area contributed by atoms with Crippen LogP contribution in [-0.2, 0) is 15.0 Å². The van der Waals surface area contributed by atoms with E-state index in [4.69, 9.17) is 0 Å². The lowest BCUT2D eigenvalue weighted by Gasteiger charge is -2.36. The van der Waals surface area contributed by atoms with Crippen LogP contribution in [0.1, 0.15) is 87.7 Å². The van der Waals surface area contributed by atoms with Gasteiger partial charge in [-0.2, -0.15) is 5.26 Å². The van der Waals surface area contributed by atoms with E-state index in [-0.39, 0.29) is 36.2 Å². The average molecular weight is 532 g/mol. The molecule has 0 spiro atoms. The largest absolute Gasteiger partial charge is 0.391 e. The fourth-order valence-corrected chi connectivity index (χ4v) is 5.87. The number of aromatic nitrogens is 1. The van der Waals surface area contributed by atoms with Crippen LogP contribution in [0.15, 0.2) is 36.5 Å². The lowest BCUT2D eigenvalue weighted by atomic mass is 9.87. The van der Waals surface area contributed by atoms with Gasteiger partial charge < -0.3 is 10.4 Å². The normalized spacial score (nSPS) is 20.8. The summed E-state index contributed by atoms with van der Waals surface area (Å²) >= 11 is 0. The molecule has 1 unspecified atom stereocenters. The van der Waals surface area contributed by atoms with Gasteiger partial charge in [-0.15, -0.1) is 0 Å². The maximum absolute atomic E-state index is 14.4. The number of β-amino-alcohol motifs (C(OH)–C–C–N with tert-alkyl or cyclic N) is 1. The SMILES string of the molecule is Cc1ccnc(C)c1C(C(=O)NC1CCCCC1)N(C(=O)[C@H]1C[C@@H](O)CN1C#N)c1ccc(C(C)(C)C)cc1. The molecule has 4 rings (SSSR count). The quantitative estimate of drug-likeness (QED) is 0.534. The first-order valence-corrected chi connectivity index (χ1v) is 14.0. The Labute approximate surface area is 232 Å². The Morgan fingerprint density at radius 2 is 1.79 bits per heavy atom. The molecule has 208 valence electrons. The molecule has 39 heavy (non-hydrogen) atoms. The number of aliphatic hydroxyl groups excluding tert-OH is 1. The summed E-state index contributed by atoms with van der Waals surface area (Å²) < 4.78 is 0. The number of rotatable bonds is 6. The predicted molar refractivity (Wildman–Crippen MR) is 151 cm³/mol. The summed E-state index contributed by atoms with van der Waals surface area (Å²) in [6.07, 6.45) is 8.23. The molecule has 1 saturated carbocycles. The lowest BCUT2D eigenvalue weighted by molar-refractivity contribution is -0.128. The molecule has 1 aliphatic heterocycles. The van der Waals surface area contributed by atoms with Crippen LogP contribution in [0, 0.1) is 25.3 Å². The number of benzene rings is 1. The van der Waals surface area contributed by atoms with Gasteiger partial charge in [0, 0.05) is 35.6 Å². The molecule has 1 aliphatic carbocycles. The molecule has 2 amide bonds. The molecule has 0 bridgehead atoms. The summed E-state index contributed by atoms with van der Waals surface area (Å²) in [7, 11) is 0. The van der Waals surface area contributed by atoms with E-state index in [0.717, 1.165) is 43.2 Å². The van der Waals surface area contributed by atoms with Crippen molar-refractivity contribution in [3.8, 4) is 6.19 Å². The van der Waals surface area contributed by atoms with Crippen LogP contribution in [0.2, 0.25) is 0 Å². The third-order valence-corrected chi connectivity index (χ3v) is 8.08. The van der Waals surface area contributed by atoms with E-state index in [1.54, 1.807) is 6.20 Å². The van der Waals surface area contributed by atoms with Crippen molar-refractivity contribution in [3.05, 3.63) is 58.9 Å². The molecule has 1 aromatic heterocycles. The number of carbonyl (C=O) groups excluding carboxylic acids is 2. The first-order valence-electron chi connectivity index (χ1n) is 14.0. The number of anilines is 1. The highest BCUT2D eigenvalue weighted by molar-refractivity contribution is 6.04. The van der Waals surface area contributed by atoms with Crippen LogP contribution in [0.5, 0.6) is 0 Å². The second kappa shape index (κ2) is 11.7. The van der Waals surface area contributed by atoms with Gasteiger partial charge in [0.05, 0.1) is 12.6 Å². The summed E-state index contributed by atoms with van der Waals surface area (Å²) in [4.78, 5) is 36.0. The van der Waals surface area contributed by atoms with Crippen molar-refractivity contribution in [2.45, 2.75) is 103 Å². The predicted octanol–water partition coefficient (Wildman–Crippen LogP) is 4.44. The molecular formula is C31H41N5O3. The van der Waals surface area contributed by atoms with E-state index < -0.39 is 18.2 Å². The van der Waals surface area contributed by atoms with Gasteiger partial charge in [-0.25, -0.2) is 0 Å². The lowest BCUT2D eigenvalue weighted by Crippen LogP contribution is -2.52. The Bertz CT molecular complexity index is 1200. The summed E-state index contributed by atoms with van der Waals surface area (Å²) in [5.41, 5.74) is 3.80. The van der Waals surface area contributed by atoms with Crippen molar-refractivity contribution in [2.75, 3.05) is 11.4 Å². The van der Waals surface area contributed by atoms with Gasteiger partial charge in [-0.3, -0.25) is 24.4 Å². The maximum atomic E-state index is 14.4. The number of nitrogens with zero attached hydrogens (tertiary/aromatic N) is 4. The number of amides is 2. The molecule has 1 aromatic carbocycles. The van der Waals surface area contributed by atoms with Gasteiger partial charge in [0.25, 0.3) is 5.91 Å². The Morgan fingerprint density at radius 1 is 1.13 bits per heavy atom. The molecule has 2 aliphatic rings. The molecular weight excluding hydrogens is 490 g/mol. The van der Waals surface area contributed by atoms with E-state index in [2.05, 4.69) is 37.3 Å². The number of likely N-dealkylation sites (tertiary alicyclic amines) is 1. The fourth-order valence-electron chi connectivity index (χ4n) is 5.87. The first-order chi connectivity index (χ1) is 18.5. The highest BCUT2D eigenvalue weighted by atomic mass is 16.3. The zero-order valence-corrected chi connectivity index (χ0v) is 23.8. The number of carbonyl (C=O) groups is 2. The van der Waals surface area contributed by atoms with Gasteiger partial charge in [0.1, 0.15) is 12.1 Å². The molecule has 1 saturated heterocycles. The molecule has 8 nitrogen and oxygen atoms in total. The summed E-state index contributed by atoms with van der Waals surface area (Å²) in [6, 6.07) is 7.79. The number of aryl methyl sites for hydroxylation is 2. The molecule has 2 aromatic rings. The number of nitrogens with one attached hydrogen (secondary N) is 1. The minimum Gasteiger partial charge on any atom is -0.391 e. The van der Waals surface area contributed by atoms with Gasteiger partial charge in [0.2, 0.25) is 5.91 Å². The number of hydrogen-bond donors (Lipinski definition) is 2.